The first-order valence-electron chi connectivity index (χ1n) is 8.19. The van der Waals surface area contributed by atoms with Gasteiger partial charge < -0.3 is 10.2 Å². The number of nitrogens with one attached hydrogen (secondary N) is 1. The fourth-order valence-electron chi connectivity index (χ4n) is 2.86. The first-order chi connectivity index (χ1) is 10.1. The van der Waals surface area contributed by atoms with Crippen molar-refractivity contribution in [3.05, 3.63) is 21.9 Å². The van der Waals surface area contributed by atoms with Gasteiger partial charge >= 0.3 is 0 Å². The number of rotatable bonds is 6. The van der Waals surface area contributed by atoms with Crippen molar-refractivity contribution >= 4 is 17.2 Å². The van der Waals surface area contributed by atoms with Crippen molar-refractivity contribution in [1.82, 2.24) is 10.2 Å². The smallest absolute Gasteiger partial charge is 0.252 e. The van der Waals surface area contributed by atoms with Crippen LogP contribution >= 0.6 is 11.3 Å². The van der Waals surface area contributed by atoms with Gasteiger partial charge in [0, 0.05) is 22.8 Å². The molecule has 0 radical (unpaired) electrons. The van der Waals surface area contributed by atoms with Crippen molar-refractivity contribution in [2.75, 3.05) is 19.6 Å². The lowest BCUT2D eigenvalue weighted by Crippen LogP contribution is -2.44. The summed E-state index contributed by atoms with van der Waals surface area (Å²) in [6, 6.07) is 2.25. The van der Waals surface area contributed by atoms with Crippen LogP contribution in [0.5, 0.6) is 0 Å². The Hall–Kier alpha value is -0.870. The average molecular weight is 308 g/mol. The molecular formula is C17H28N2OS. The van der Waals surface area contributed by atoms with Crippen molar-refractivity contribution in [3.8, 4) is 0 Å². The maximum absolute atomic E-state index is 12.2. The largest absolute Gasteiger partial charge is 0.348 e. The van der Waals surface area contributed by atoms with Crippen LogP contribution in [0.1, 0.15) is 55.3 Å². The van der Waals surface area contributed by atoms with E-state index in [1.54, 1.807) is 11.3 Å². The fraction of sp³-hybridized carbons (Fsp3) is 0.706. The lowest BCUT2D eigenvalue weighted by atomic mass is 9.99. The van der Waals surface area contributed by atoms with E-state index in [0.717, 1.165) is 30.9 Å². The molecule has 0 aliphatic carbocycles. The Labute approximate surface area is 132 Å². The van der Waals surface area contributed by atoms with Crippen molar-refractivity contribution < 1.29 is 4.79 Å². The summed E-state index contributed by atoms with van der Waals surface area (Å²) in [6.07, 6.45) is 4.77. The van der Waals surface area contributed by atoms with E-state index < -0.39 is 0 Å². The van der Waals surface area contributed by atoms with E-state index in [2.05, 4.69) is 31.0 Å². The molecule has 1 saturated heterocycles. The lowest BCUT2D eigenvalue weighted by Gasteiger charge is -2.32. The molecule has 2 rings (SSSR count). The number of amides is 1. The number of piperidine rings is 1. The first kappa shape index (κ1) is 16.5. The number of likely N-dealkylation sites (tertiary alicyclic amines) is 1. The number of carbonyl (C=O) groups excluding carboxylic acids is 1. The molecule has 0 aromatic carbocycles. The van der Waals surface area contributed by atoms with Crippen LogP contribution in [0.4, 0.5) is 0 Å². The molecule has 2 heterocycles. The summed E-state index contributed by atoms with van der Waals surface area (Å²) < 4.78 is 0. The molecule has 1 N–H and O–H groups in total. The molecule has 118 valence electrons. The quantitative estimate of drug-likeness (QED) is 0.871. The summed E-state index contributed by atoms with van der Waals surface area (Å²) >= 11 is 1.69. The molecule has 0 saturated carbocycles. The molecule has 1 unspecified atom stereocenters. The van der Waals surface area contributed by atoms with Crippen molar-refractivity contribution in [3.63, 3.8) is 0 Å². The highest BCUT2D eigenvalue weighted by molar-refractivity contribution is 7.10. The zero-order valence-corrected chi connectivity index (χ0v) is 14.3. The predicted molar refractivity (Wildman–Crippen MR) is 90.1 cm³/mol. The third-order valence-corrected chi connectivity index (χ3v) is 5.19. The van der Waals surface area contributed by atoms with E-state index in [4.69, 9.17) is 0 Å². The number of nitrogens with zero attached hydrogens (tertiary/aromatic N) is 1. The summed E-state index contributed by atoms with van der Waals surface area (Å²) in [5, 5.41) is 5.12. The van der Waals surface area contributed by atoms with Gasteiger partial charge in [0.15, 0.2) is 0 Å². The molecule has 21 heavy (non-hydrogen) atoms. The van der Waals surface area contributed by atoms with Gasteiger partial charge in [-0.3, -0.25) is 4.79 Å². The summed E-state index contributed by atoms with van der Waals surface area (Å²) in [6.45, 7) is 9.90. The van der Waals surface area contributed by atoms with Crippen LogP contribution in [0.3, 0.4) is 0 Å². The average Bonchev–Trinajstić information content (AvgIpc) is 2.90. The lowest BCUT2D eigenvalue weighted by molar-refractivity contribution is 0.0922. The molecule has 1 fully saturated rings. The highest BCUT2D eigenvalue weighted by Gasteiger charge is 2.19. The molecule has 1 aromatic rings. The Morgan fingerprint density at radius 2 is 2.19 bits per heavy atom. The van der Waals surface area contributed by atoms with E-state index in [-0.39, 0.29) is 11.9 Å². The first-order valence-corrected chi connectivity index (χ1v) is 9.07. The van der Waals surface area contributed by atoms with E-state index in [1.807, 2.05) is 11.4 Å². The van der Waals surface area contributed by atoms with Crippen LogP contribution in [0, 0.1) is 5.92 Å². The minimum absolute atomic E-state index is 0.0754. The molecular weight excluding hydrogens is 280 g/mol. The zero-order valence-electron chi connectivity index (χ0n) is 13.5. The van der Waals surface area contributed by atoms with Gasteiger partial charge in [0.2, 0.25) is 0 Å². The second kappa shape index (κ2) is 7.95. The maximum Gasteiger partial charge on any atom is 0.252 e. The summed E-state index contributed by atoms with van der Waals surface area (Å²) in [7, 11) is 0. The van der Waals surface area contributed by atoms with Gasteiger partial charge in [0.1, 0.15) is 0 Å². The summed E-state index contributed by atoms with van der Waals surface area (Å²) in [5.74, 6) is 0.931. The maximum atomic E-state index is 12.2. The number of hydrogen-bond acceptors (Lipinski definition) is 3. The third kappa shape index (κ3) is 5.11. The number of thiophene rings is 1. The molecule has 4 heteroatoms. The molecule has 1 aromatic heterocycles. The van der Waals surface area contributed by atoms with Gasteiger partial charge in [0.25, 0.3) is 5.91 Å². The predicted octanol–water partition coefficient (Wildman–Crippen LogP) is 3.55. The molecule has 1 aliphatic rings. The molecule has 0 bridgehead atoms. The van der Waals surface area contributed by atoms with Gasteiger partial charge in [-0.15, -0.1) is 11.3 Å². The summed E-state index contributed by atoms with van der Waals surface area (Å²) in [4.78, 5) is 16.0. The highest BCUT2D eigenvalue weighted by Crippen LogP contribution is 2.17. The van der Waals surface area contributed by atoms with Crippen LogP contribution in [0.25, 0.3) is 0 Å². The van der Waals surface area contributed by atoms with E-state index in [1.165, 1.54) is 30.8 Å². The van der Waals surface area contributed by atoms with Crippen molar-refractivity contribution in [1.29, 1.82) is 0 Å². The van der Waals surface area contributed by atoms with Gasteiger partial charge in [0.05, 0.1) is 5.56 Å². The topological polar surface area (TPSA) is 32.3 Å². The van der Waals surface area contributed by atoms with E-state index >= 15 is 0 Å². The monoisotopic (exact) mass is 308 g/mol. The summed E-state index contributed by atoms with van der Waals surface area (Å²) in [5.41, 5.74) is 0.822. The molecule has 1 amide bonds. The molecule has 0 spiro atoms. The second-order valence-electron chi connectivity index (χ2n) is 6.41. The number of hydrogen-bond donors (Lipinski definition) is 1. The minimum atomic E-state index is 0.0754. The normalized spacial score (nSPS) is 18.6. The van der Waals surface area contributed by atoms with Gasteiger partial charge in [-0.1, -0.05) is 20.3 Å². The van der Waals surface area contributed by atoms with Crippen LogP contribution in [-0.2, 0) is 6.42 Å². The third-order valence-electron chi connectivity index (χ3n) is 4.20. The van der Waals surface area contributed by atoms with Crippen LogP contribution < -0.4 is 5.32 Å². The van der Waals surface area contributed by atoms with Crippen LogP contribution in [0.15, 0.2) is 11.4 Å². The second-order valence-corrected chi connectivity index (χ2v) is 7.41. The van der Waals surface area contributed by atoms with Crippen LogP contribution in [0.2, 0.25) is 0 Å². The Bertz CT molecular complexity index is 449. The zero-order chi connectivity index (χ0) is 15.2. The Morgan fingerprint density at radius 3 is 2.86 bits per heavy atom. The Balaban J connectivity index is 1.78. The van der Waals surface area contributed by atoms with Gasteiger partial charge in [-0.05, 0) is 51.3 Å². The minimum Gasteiger partial charge on any atom is -0.348 e. The Kier molecular flexibility index (Phi) is 6.24. The SMILES string of the molecule is CCCc1cc(C(=O)NC(C)CN2CCC(C)CC2)cs1. The van der Waals surface area contributed by atoms with Crippen molar-refractivity contribution in [2.24, 2.45) is 5.92 Å². The molecule has 1 aliphatic heterocycles. The van der Waals surface area contributed by atoms with Gasteiger partial charge in [-0.2, -0.15) is 0 Å². The number of carbonyl (C=O) groups is 1. The fourth-order valence-corrected chi connectivity index (χ4v) is 3.83. The van der Waals surface area contributed by atoms with Crippen molar-refractivity contribution in [2.45, 2.75) is 52.5 Å². The molecule has 1 atom stereocenters. The highest BCUT2D eigenvalue weighted by atomic mass is 32.1. The Morgan fingerprint density at radius 1 is 1.48 bits per heavy atom. The van der Waals surface area contributed by atoms with E-state index in [9.17, 15) is 4.79 Å². The number of aryl methyl sites for hydroxylation is 1. The molecule has 3 nitrogen and oxygen atoms in total. The van der Waals surface area contributed by atoms with E-state index in [0.29, 0.717) is 0 Å². The van der Waals surface area contributed by atoms with Gasteiger partial charge in [-0.25, -0.2) is 0 Å². The van der Waals surface area contributed by atoms with Crippen LogP contribution in [-0.4, -0.2) is 36.5 Å². The standard InChI is InChI=1S/C17H28N2OS/c1-4-5-16-10-15(12-21-16)17(20)18-14(3)11-19-8-6-13(2)7-9-19/h10,12-14H,4-9,11H2,1-3H3,(H,18,20).